The van der Waals surface area contributed by atoms with Crippen LogP contribution in [0.2, 0.25) is 0 Å². The van der Waals surface area contributed by atoms with Crippen LogP contribution in [-0.2, 0) is 17.9 Å². The molecule has 0 aliphatic carbocycles. The third kappa shape index (κ3) is 4.34. The lowest BCUT2D eigenvalue weighted by Gasteiger charge is -2.13. The number of ether oxygens (including phenoxy) is 1. The molecule has 1 saturated heterocycles. The fourth-order valence-corrected chi connectivity index (χ4v) is 3.91. The first kappa shape index (κ1) is 20.5. The molecule has 5 rings (SSSR count). The van der Waals surface area contributed by atoms with Gasteiger partial charge in [-0.05, 0) is 34.0 Å². The van der Waals surface area contributed by atoms with Crippen molar-refractivity contribution in [3.8, 4) is 5.75 Å². The van der Waals surface area contributed by atoms with E-state index in [9.17, 15) is 9.59 Å². The van der Waals surface area contributed by atoms with Crippen LogP contribution in [0.5, 0.6) is 5.75 Å². The van der Waals surface area contributed by atoms with Crippen molar-refractivity contribution < 1.29 is 14.3 Å². The molecule has 0 aromatic heterocycles. The quantitative estimate of drug-likeness (QED) is 0.321. The summed E-state index contributed by atoms with van der Waals surface area (Å²) in [6.07, 6.45) is 1.72. The smallest absolute Gasteiger partial charge is 0.329 e. The highest BCUT2D eigenvalue weighted by Crippen LogP contribution is 2.31. The van der Waals surface area contributed by atoms with Crippen molar-refractivity contribution in [2.75, 3.05) is 0 Å². The SMILES string of the molecule is O=C1N/C(=C/c2c(OCc3ccccc3)ccc3ccccc23)C(=O)N1Cc1ccccc1. The molecule has 1 N–H and O–H groups in total. The first-order valence-electron chi connectivity index (χ1n) is 10.8. The molecule has 3 amide bonds. The zero-order valence-electron chi connectivity index (χ0n) is 17.9. The number of imide groups is 1. The lowest BCUT2D eigenvalue weighted by Crippen LogP contribution is -2.30. The molecule has 0 bridgehead atoms. The topological polar surface area (TPSA) is 58.6 Å². The summed E-state index contributed by atoms with van der Waals surface area (Å²) >= 11 is 0. The predicted octanol–water partition coefficient (Wildman–Crippen LogP) is 5.51. The standard InChI is InChI=1S/C28H22N2O3/c31-27-25(29-28(32)30(27)18-20-9-3-1-4-10-20)17-24-23-14-8-7-13-22(23)15-16-26(24)33-19-21-11-5-2-6-12-21/h1-17H,18-19H2,(H,29,32)/b25-17+. The third-order valence-corrected chi connectivity index (χ3v) is 5.60. The van der Waals surface area contributed by atoms with Crippen molar-refractivity contribution >= 4 is 28.8 Å². The highest BCUT2D eigenvalue weighted by atomic mass is 16.5. The van der Waals surface area contributed by atoms with E-state index in [1.165, 1.54) is 4.90 Å². The van der Waals surface area contributed by atoms with Crippen LogP contribution in [0.15, 0.2) is 103 Å². The van der Waals surface area contributed by atoms with Crippen LogP contribution in [0.25, 0.3) is 16.8 Å². The van der Waals surface area contributed by atoms with Crippen LogP contribution in [0.1, 0.15) is 16.7 Å². The lowest BCUT2D eigenvalue weighted by atomic mass is 10.0. The lowest BCUT2D eigenvalue weighted by molar-refractivity contribution is -0.123. The van der Waals surface area contributed by atoms with Crippen molar-refractivity contribution in [2.24, 2.45) is 0 Å². The monoisotopic (exact) mass is 434 g/mol. The van der Waals surface area contributed by atoms with E-state index >= 15 is 0 Å². The number of carbonyl (C=O) groups excluding carboxylic acids is 2. The second-order valence-corrected chi connectivity index (χ2v) is 7.84. The molecule has 5 heteroatoms. The number of nitrogens with zero attached hydrogens (tertiary/aromatic N) is 1. The minimum absolute atomic E-state index is 0.218. The summed E-state index contributed by atoms with van der Waals surface area (Å²) in [6, 6.07) is 30.7. The van der Waals surface area contributed by atoms with Crippen LogP contribution < -0.4 is 10.1 Å². The summed E-state index contributed by atoms with van der Waals surface area (Å²) in [5.74, 6) is 0.291. The number of rotatable bonds is 6. The van der Waals surface area contributed by atoms with Crippen LogP contribution >= 0.6 is 0 Å². The highest BCUT2D eigenvalue weighted by Gasteiger charge is 2.33. The summed E-state index contributed by atoms with van der Waals surface area (Å²) < 4.78 is 6.14. The molecule has 1 heterocycles. The summed E-state index contributed by atoms with van der Waals surface area (Å²) in [4.78, 5) is 26.9. The number of urea groups is 1. The Morgan fingerprint density at radius 2 is 1.42 bits per heavy atom. The second-order valence-electron chi connectivity index (χ2n) is 7.84. The van der Waals surface area contributed by atoms with Crippen molar-refractivity contribution in [1.29, 1.82) is 0 Å². The van der Waals surface area contributed by atoms with Gasteiger partial charge in [0.1, 0.15) is 18.1 Å². The molecule has 162 valence electrons. The summed E-state index contributed by atoms with van der Waals surface area (Å²) in [7, 11) is 0. The number of hydrogen-bond donors (Lipinski definition) is 1. The molecule has 0 saturated carbocycles. The van der Waals surface area contributed by atoms with Gasteiger partial charge in [-0.15, -0.1) is 0 Å². The average Bonchev–Trinajstić information content (AvgIpc) is 3.12. The molecule has 33 heavy (non-hydrogen) atoms. The van der Waals surface area contributed by atoms with Crippen LogP contribution in [0.4, 0.5) is 4.79 Å². The molecule has 1 aliphatic rings. The van der Waals surface area contributed by atoms with Gasteiger partial charge >= 0.3 is 6.03 Å². The van der Waals surface area contributed by atoms with Gasteiger partial charge in [0.2, 0.25) is 0 Å². The Morgan fingerprint density at radius 3 is 2.18 bits per heavy atom. The molecule has 0 unspecified atom stereocenters. The Hall–Kier alpha value is -4.38. The predicted molar refractivity (Wildman–Crippen MR) is 128 cm³/mol. The molecule has 5 nitrogen and oxygen atoms in total. The number of amides is 3. The Labute approximate surface area is 191 Å². The zero-order chi connectivity index (χ0) is 22.6. The van der Waals surface area contributed by atoms with Gasteiger partial charge in [0.25, 0.3) is 5.91 Å². The number of nitrogens with one attached hydrogen (secondary N) is 1. The van der Waals surface area contributed by atoms with Crippen molar-refractivity contribution in [2.45, 2.75) is 13.2 Å². The molecule has 1 fully saturated rings. The van der Waals surface area contributed by atoms with Crippen LogP contribution in [0, 0.1) is 0 Å². The van der Waals surface area contributed by atoms with E-state index < -0.39 is 6.03 Å². The normalized spacial score (nSPS) is 14.7. The van der Waals surface area contributed by atoms with E-state index in [1.54, 1.807) is 6.08 Å². The van der Waals surface area contributed by atoms with Crippen molar-refractivity contribution in [1.82, 2.24) is 10.2 Å². The molecular weight excluding hydrogens is 412 g/mol. The van der Waals surface area contributed by atoms with Crippen LogP contribution in [0.3, 0.4) is 0 Å². The maximum Gasteiger partial charge on any atom is 0.329 e. The van der Waals surface area contributed by atoms with Gasteiger partial charge in [-0.3, -0.25) is 9.69 Å². The van der Waals surface area contributed by atoms with Gasteiger partial charge in [0, 0.05) is 5.56 Å². The average molecular weight is 434 g/mol. The second kappa shape index (κ2) is 9.01. The van der Waals surface area contributed by atoms with Gasteiger partial charge < -0.3 is 10.1 Å². The Morgan fingerprint density at radius 1 is 0.758 bits per heavy atom. The first-order valence-corrected chi connectivity index (χ1v) is 10.8. The van der Waals surface area contributed by atoms with E-state index in [0.717, 1.165) is 27.5 Å². The van der Waals surface area contributed by atoms with Gasteiger partial charge in [0.05, 0.1) is 6.54 Å². The number of hydrogen-bond acceptors (Lipinski definition) is 3. The summed E-state index contributed by atoms with van der Waals surface area (Å²) in [6.45, 7) is 0.617. The van der Waals surface area contributed by atoms with Crippen molar-refractivity contribution in [3.05, 3.63) is 119 Å². The summed E-state index contributed by atoms with van der Waals surface area (Å²) in [5, 5.41) is 4.70. The van der Waals surface area contributed by atoms with E-state index in [1.807, 2.05) is 97.1 Å². The highest BCUT2D eigenvalue weighted by molar-refractivity contribution is 6.14. The van der Waals surface area contributed by atoms with E-state index in [-0.39, 0.29) is 18.1 Å². The third-order valence-electron chi connectivity index (χ3n) is 5.60. The van der Waals surface area contributed by atoms with Gasteiger partial charge in [-0.2, -0.15) is 0 Å². The Bertz CT molecular complexity index is 1350. The minimum Gasteiger partial charge on any atom is -0.488 e. The molecule has 4 aromatic carbocycles. The Balaban J connectivity index is 1.49. The van der Waals surface area contributed by atoms with E-state index in [2.05, 4.69) is 5.32 Å². The minimum atomic E-state index is -0.429. The van der Waals surface area contributed by atoms with Crippen LogP contribution in [-0.4, -0.2) is 16.8 Å². The molecule has 0 atom stereocenters. The molecule has 0 spiro atoms. The largest absolute Gasteiger partial charge is 0.488 e. The summed E-state index contributed by atoms with van der Waals surface area (Å²) in [5.41, 5.74) is 2.92. The zero-order valence-corrected chi connectivity index (χ0v) is 17.9. The molecule has 0 radical (unpaired) electrons. The fourth-order valence-electron chi connectivity index (χ4n) is 3.91. The van der Waals surface area contributed by atoms with Gasteiger partial charge in [-0.25, -0.2) is 4.79 Å². The maximum atomic E-state index is 13.1. The molecular formula is C28H22N2O3. The maximum absolute atomic E-state index is 13.1. The fraction of sp³-hybridized carbons (Fsp3) is 0.0714. The molecule has 4 aromatic rings. The first-order chi connectivity index (χ1) is 16.2. The van der Waals surface area contributed by atoms with E-state index in [4.69, 9.17) is 4.74 Å². The Kier molecular flexibility index (Phi) is 5.60. The number of carbonyl (C=O) groups is 2. The number of fused-ring (bicyclic) bond motifs is 1. The van der Waals surface area contributed by atoms with E-state index in [0.29, 0.717) is 12.4 Å². The van der Waals surface area contributed by atoms with Crippen molar-refractivity contribution in [3.63, 3.8) is 0 Å². The number of benzene rings is 4. The molecule has 1 aliphatic heterocycles. The van der Waals surface area contributed by atoms with Gasteiger partial charge in [-0.1, -0.05) is 91.0 Å². The van der Waals surface area contributed by atoms with Gasteiger partial charge in [0.15, 0.2) is 0 Å².